The zero-order valence-electron chi connectivity index (χ0n) is 14.0. The van der Waals surface area contributed by atoms with Gasteiger partial charge in [-0.3, -0.25) is 4.79 Å². The molecule has 1 N–H and O–H groups in total. The van der Waals surface area contributed by atoms with Crippen molar-refractivity contribution < 1.29 is 19.1 Å². The molecule has 0 heterocycles. The number of ether oxygens (including phenoxy) is 2. The molecule has 23 heavy (non-hydrogen) atoms. The summed E-state index contributed by atoms with van der Waals surface area (Å²) in [6, 6.07) is 6.51. The summed E-state index contributed by atoms with van der Waals surface area (Å²) in [5, 5.41) is 2.70. The fraction of sp³-hybridized carbons (Fsp3) is 0.444. The Morgan fingerprint density at radius 1 is 1.26 bits per heavy atom. The van der Waals surface area contributed by atoms with Gasteiger partial charge in [0.05, 0.1) is 19.1 Å². The zero-order chi connectivity index (χ0) is 17.5. The number of benzene rings is 1. The third-order valence-corrected chi connectivity index (χ3v) is 2.85. The maximum absolute atomic E-state index is 12.0. The summed E-state index contributed by atoms with van der Waals surface area (Å²) in [4.78, 5) is 23.8. The molecule has 5 nitrogen and oxygen atoms in total. The van der Waals surface area contributed by atoms with E-state index in [9.17, 15) is 9.59 Å². The lowest BCUT2D eigenvalue weighted by Crippen LogP contribution is -2.36. The van der Waals surface area contributed by atoms with E-state index >= 15 is 0 Å². The predicted octanol–water partition coefficient (Wildman–Crippen LogP) is 3.19. The van der Waals surface area contributed by atoms with E-state index in [1.807, 2.05) is 0 Å². The highest BCUT2D eigenvalue weighted by molar-refractivity contribution is 5.73. The summed E-state index contributed by atoms with van der Waals surface area (Å²) < 4.78 is 10.2. The number of hydrogen-bond acceptors (Lipinski definition) is 4. The summed E-state index contributed by atoms with van der Waals surface area (Å²) >= 11 is 0. The molecule has 1 unspecified atom stereocenters. The van der Waals surface area contributed by atoms with E-state index in [4.69, 9.17) is 15.9 Å². The van der Waals surface area contributed by atoms with E-state index in [2.05, 4.69) is 11.2 Å². The van der Waals surface area contributed by atoms with E-state index in [0.717, 1.165) is 11.1 Å². The summed E-state index contributed by atoms with van der Waals surface area (Å²) in [6.45, 7) is 7.34. The molecule has 0 aliphatic heterocycles. The number of rotatable bonds is 5. The number of esters is 1. The standard InChI is InChI=1S/C18H23NO4/c1-6-13-8-10-14(11-9-13)15(12-16(20)22-7-2)19-17(21)23-18(3,4)5/h1,8-11,15H,7,12H2,2-5H3,(H,19,21). The second-order valence-corrected chi connectivity index (χ2v) is 5.97. The number of amides is 1. The van der Waals surface area contributed by atoms with Crippen LogP contribution in [-0.2, 0) is 14.3 Å². The average molecular weight is 317 g/mol. The van der Waals surface area contributed by atoms with Crippen LogP contribution in [0.15, 0.2) is 24.3 Å². The lowest BCUT2D eigenvalue weighted by Gasteiger charge is -2.23. The van der Waals surface area contributed by atoms with Crippen molar-refractivity contribution in [2.75, 3.05) is 6.61 Å². The van der Waals surface area contributed by atoms with Gasteiger partial charge in [0.15, 0.2) is 0 Å². The van der Waals surface area contributed by atoms with Gasteiger partial charge in [0.25, 0.3) is 0 Å². The van der Waals surface area contributed by atoms with E-state index in [1.165, 1.54) is 0 Å². The first-order chi connectivity index (χ1) is 10.7. The van der Waals surface area contributed by atoms with Gasteiger partial charge in [-0.2, -0.15) is 0 Å². The van der Waals surface area contributed by atoms with E-state index in [1.54, 1.807) is 52.0 Å². The lowest BCUT2D eigenvalue weighted by atomic mass is 10.0. The van der Waals surface area contributed by atoms with Crippen LogP contribution in [0.5, 0.6) is 0 Å². The second kappa shape index (κ2) is 8.23. The molecule has 0 radical (unpaired) electrons. The Morgan fingerprint density at radius 3 is 2.35 bits per heavy atom. The van der Waals surface area contributed by atoms with Crippen LogP contribution in [0.2, 0.25) is 0 Å². The van der Waals surface area contributed by atoms with Gasteiger partial charge in [-0.15, -0.1) is 6.42 Å². The number of terminal acetylenes is 1. The highest BCUT2D eigenvalue weighted by Crippen LogP contribution is 2.19. The maximum atomic E-state index is 12.0. The van der Waals surface area contributed by atoms with Crippen LogP contribution >= 0.6 is 0 Å². The van der Waals surface area contributed by atoms with Gasteiger partial charge in [0.1, 0.15) is 5.60 Å². The molecular formula is C18H23NO4. The molecule has 1 aromatic carbocycles. The van der Waals surface area contributed by atoms with Crippen molar-refractivity contribution in [1.29, 1.82) is 0 Å². The van der Waals surface area contributed by atoms with Crippen LogP contribution < -0.4 is 5.32 Å². The van der Waals surface area contributed by atoms with E-state index in [-0.39, 0.29) is 13.0 Å². The fourth-order valence-electron chi connectivity index (χ4n) is 1.90. The maximum Gasteiger partial charge on any atom is 0.408 e. The van der Waals surface area contributed by atoms with Crippen LogP contribution in [-0.4, -0.2) is 24.3 Å². The first-order valence-corrected chi connectivity index (χ1v) is 7.47. The predicted molar refractivity (Wildman–Crippen MR) is 87.7 cm³/mol. The molecule has 1 amide bonds. The highest BCUT2D eigenvalue weighted by atomic mass is 16.6. The Labute approximate surface area is 137 Å². The zero-order valence-corrected chi connectivity index (χ0v) is 14.0. The third kappa shape index (κ3) is 6.88. The minimum Gasteiger partial charge on any atom is -0.466 e. The molecule has 0 saturated heterocycles. The topological polar surface area (TPSA) is 64.6 Å². The van der Waals surface area contributed by atoms with Gasteiger partial charge in [-0.25, -0.2) is 4.79 Å². The molecule has 0 saturated carbocycles. The van der Waals surface area contributed by atoms with E-state index < -0.39 is 23.7 Å². The number of nitrogens with one attached hydrogen (secondary N) is 1. The average Bonchev–Trinajstić information content (AvgIpc) is 2.45. The van der Waals surface area contributed by atoms with Gasteiger partial charge in [0.2, 0.25) is 0 Å². The molecule has 1 rings (SSSR count). The molecule has 0 aliphatic carbocycles. The highest BCUT2D eigenvalue weighted by Gasteiger charge is 2.23. The van der Waals surface area contributed by atoms with Crippen molar-refractivity contribution in [3.05, 3.63) is 35.4 Å². The van der Waals surface area contributed by atoms with Gasteiger partial charge in [-0.1, -0.05) is 18.1 Å². The van der Waals surface area contributed by atoms with Crippen LogP contribution in [0.25, 0.3) is 0 Å². The molecular weight excluding hydrogens is 294 g/mol. The summed E-state index contributed by atoms with van der Waals surface area (Å²) in [5.41, 5.74) is 0.857. The van der Waals surface area contributed by atoms with Gasteiger partial charge in [0, 0.05) is 5.56 Å². The van der Waals surface area contributed by atoms with Crippen molar-refractivity contribution in [2.24, 2.45) is 0 Å². The Balaban J connectivity index is 2.90. The monoisotopic (exact) mass is 317 g/mol. The Morgan fingerprint density at radius 2 is 1.87 bits per heavy atom. The first kappa shape index (κ1) is 18.6. The molecule has 0 bridgehead atoms. The van der Waals surface area contributed by atoms with Crippen LogP contribution in [0, 0.1) is 12.3 Å². The number of alkyl carbamates (subject to hydrolysis) is 1. The van der Waals surface area contributed by atoms with Crippen LogP contribution in [0.1, 0.15) is 51.3 Å². The molecule has 0 spiro atoms. The lowest BCUT2D eigenvalue weighted by molar-refractivity contribution is -0.143. The van der Waals surface area contributed by atoms with Crippen molar-refractivity contribution in [2.45, 2.75) is 45.8 Å². The smallest absolute Gasteiger partial charge is 0.408 e. The normalized spacial score (nSPS) is 12.0. The Bertz CT molecular complexity index is 579. The molecule has 124 valence electrons. The molecule has 1 atom stereocenters. The molecule has 0 aliphatic rings. The third-order valence-electron chi connectivity index (χ3n) is 2.85. The first-order valence-electron chi connectivity index (χ1n) is 7.47. The minimum atomic E-state index is -0.619. The van der Waals surface area contributed by atoms with Crippen molar-refractivity contribution in [3.8, 4) is 12.3 Å². The second-order valence-electron chi connectivity index (χ2n) is 5.97. The van der Waals surface area contributed by atoms with Crippen LogP contribution in [0.3, 0.4) is 0 Å². The minimum absolute atomic E-state index is 0.0164. The Hall–Kier alpha value is -2.48. The fourth-order valence-corrected chi connectivity index (χ4v) is 1.90. The molecule has 0 fully saturated rings. The number of hydrogen-bond donors (Lipinski definition) is 1. The van der Waals surface area contributed by atoms with E-state index in [0.29, 0.717) is 0 Å². The van der Waals surface area contributed by atoms with Gasteiger partial charge in [-0.05, 0) is 45.4 Å². The van der Waals surface area contributed by atoms with Gasteiger partial charge >= 0.3 is 12.1 Å². The summed E-state index contributed by atoms with van der Waals surface area (Å²) in [6.07, 6.45) is 4.76. The number of carbonyl (C=O) groups is 2. The molecule has 1 aromatic rings. The van der Waals surface area contributed by atoms with Crippen molar-refractivity contribution >= 4 is 12.1 Å². The van der Waals surface area contributed by atoms with Crippen molar-refractivity contribution in [3.63, 3.8) is 0 Å². The SMILES string of the molecule is C#Cc1ccc(C(CC(=O)OCC)NC(=O)OC(C)(C)C)cc1. The van der Waals surface area contributed by atoms with Crippen LogP contribution in [0.4, 0.5) is 4.79 Å². The summed E-state index contributed by atoms with van der Waals surface area (Å²) in [5.74, 6) is 2.13. The largest absolute Gasteiger partial charge is 0.466 e. The van der Waals surface area contributed by atoms with Crippen molar-refractivity contribution in [1.82, 2.24) is 5.32 Å². The Kier molecular flexibility index (Phi) is 6.65. The van der Waals surface area contributed by atoms with Gasteiger partial charge < -0.3 is 14.8 Å². The number of carbonyl (C=O) groups excluding carboxylic acids is 2. The molecule has 0 aromatic heterocycles. The summed E-state index contributed by atoms with van der Waals surface area (Å²) in [7, 11) is 0. The quantitative estimate of drug-likeness (QED) is 0.669. The molecule has 5 heteroatoms.